The summed E-state index contributed by atoms with van der Waals surface area (Å²) in [5, 5.41) is 7.09. The first-order chi connectivity index (χ1) is 12.0. The van der Waals surface area contributed by atoms with Crippen molar-refractivity contribution in [1.82, 2.24) is 4.98 Å². The molecular formula is C18H17ClN4OS. The Balaban J connectivity index is 1.77. The quantitative estimate of drug-likeness (QED) is 0.563. The molecule has 25 heavy (non-hydrogen) atoms. The van der Waals surface area contributed by atoms with Crippen molar-refractivity contribution in [2.75, 3.05) is 16.4 Å². The maximum absolute atomic E-state index is 12.5. The van der Waals surface area contributed by atoms with Gasteiger partial charge < -0.3 is 16.4 Å². The van der Waals surface area contributed by atoms with Gasteiger partial charge in [-0.3, -0.25) is 4.79 Å². The SMILES string of the molecule is Cc1cccc(Nc2ncc(C(=O)Nc3c(C)cccc3Cl)s2)c1N. The fourth-order valence-corrected chi connectivity index (χ4v) is 3.30. The van der Waals surface area contributed by atoms with E-state index in [-0.39, 0.29) is 5.91 Å². The molecule has 3 aromatic rings. The highest BCUT2D eigenvalue weighted by atomic mass is 35.5. The summed E-state index contributed by atoms with van der Waals surface area (Å²) in [5.41, 5.74) is 9.97. The van der Waals surface area contributed by atoms with Gasteiger partial charge in [-0.15, -0.1) is 0 Å². The number of amides is 1. The molecular weight excluding hydrogens is 356 g/mol. The van der Waals surface area contributed by atoms with E-state index in [1.54, 1.807) is 6.07 Å². The number of hydrogen-bond acceptors (Lipinski definition) is 5. The molecule has 0 saturated carbocycles. The van der Waals surface area contributed by atoms with Gasteiger partial charge in [0.1, 0.15) is 4.88 Å². The molecule has 0 atom stereocenters. The third-order valence-corrected chi connectivity index (χ3v) is 4.98. The molecule has 5 nitrogen and oxygen atoms in total. The van der Waals surface area contributed by atoms with Crippen molar-refractivity contribution in [2.24, 2.45) is 0 Å². The number of rotatable bonds is 4. The average molecular weight is 373 g/mol. The van der Waals surface area contributed by atoms with E-state index in [9.17, 15) is 4.79 Å². The van der Waals surface area contributed by atoms with Gasteiger partial charge in [0.15, 0.2) is 5.13 Å². The van der Waals surface area contributed by atoms with Crippen molar-refractivity contribution >= 4 is 51.0 Å². The molecule has 0 aliphatic rings. The number of nitrogens with one attached hydrogen (secondary N) is 2. The van der Waals surface area contributed by atoms with Crippen LogP contribution >= 0.6 is 22.9 Å². The predicted octanol–water partition coefficient (Wildman–Crippen LogP) is 4.99. The Morgan fingerprint density at radius 3 is 2.64 bits per heavy atom. The van der Waals surface area contributed by atoms with Crippen LogP contribution in [-0.4, -0.2) is 10.9 Å². The van der Waals surface area contributed by atoms with Crippen LogP contribution in [0.15, 0.2) is 42.6 Å². The Labute approximate surface area is 154 Å². The Morgan fingerprint density at radius 2 is 1.88 bits per heavy atom. The highest BCUT2D eigenvalue weighted by Gasteiger charge is 2.14. The lowest BCUT2D eigenvalue weighted by Crippen LogP contribution is -2.11. The van der Waals surface area contributed by atoms with Gasteiger partial charge >= 0.3 is 0 Å². The minimum absolute atomic E-state index is 0.251. The van der Waals surface area contributed by atoms with Crippen LogP contribution in [0.4, 0.5) is 22.2 Å². The zero-order chi connectivity index (χ0) is 18.0. The lowest BCUT2D eigenvalue weighted by molar-refractivity contribution is 0.103. The van der Waals surface area contributed by atoms with Gasteiger partial charge in [0.2, 0.25) is 0 Å². The molecule has 0 spiro atoms. The number of hydrogen-bond donors (Lipinski definition) is 3. The van der Waals surface area contributed by atoms with E-state index in [0.717, 1.165) is 16.8 Å². The minimum Gasteiger partial charge on any atom is -0.397 e. The fourth-order valence-electron chi connectivity index (χ4n) is 2.31. The van der Waals surface area contributed by atoms with Gasteiger partial charge in [0.25, 0.3) is 5.91 Å². The van der Waals surface area contributed by atoms with Crippen LogP contribution in [0.3, 0.4) is 0 Å². The number of nitrogens with two attached hydrogens (primary N) is 1. The lowest BCUT2D eigenvalue weighted by atomic mass is 10.2. The number of carbonyl (C=O) groups excluding carboxylic acids is 1. The molecule has 0 unspecified atom stereocenters. The molecule has 128 valence electrons. The minimum atomic E-state index is -0.251. The molecule has 0 aliphatic heterocycles. The molecule has 1 heterocycles. The maximum atomic E-state index is 12.5. The zero-order valence-corrected chi connectivity index (χ0v) is 15.3. The normalized spacial score (nSPS) is 10.5. The third-order valence-electron chi connectivity index (χ3n) is 3.76. The molecule has 3 rings (SSSR count). The summed E-state index contributed by atoms with van der Waals surface area (Å²) in [4.78, 5) is 17.2. The van der Waals surface area contributed by atoms with Gasteiger partial charge in [-0.05, 0) is 37.1 Å². The fraction of sp³-hybridized carbons (Fsp3) is 0.111. The molecule has 0 radical (unpaired) electrons. The number of carbonyl (C=O) groups is 1. The van der Waals surface area contributed by atoms with Crippen LogP contribution in [0, 0.1) is 13.8 Å². The number of halogens is 1. The largest absolute Gasteiger partial charge is 0.397 e. The van der Waals surface area contributed by atoms with Gasteiger partial charge in [-0.1, -0.05) is 47.2 Å². The van der Waals surface area contributed by atoms with E-state index in [1.165, 1.54) is 17.5 Å². The Bertz CT molecular complexity index is 918. The van der Waals surface area contributed by atoms with Crippen molar-refractivity contribution < 1.29 is 4.79 Å². The maximum Gasteiger partial charge on any atom is 0.267 e. The molecule has 1 amide bonds. The van der Waals surface area contributed by atoms with Gasteiger partial charge in [0.05, 0.1) is 28.3 Å². The van der Waals surface area contributed by atoms with E-state index >= 15 is 0 Å². The molecule has 7 heteroatoms. The van der Waals surface area contributed by atoms with E-state index in [1.807, 2.05) is 44.2 Å². The summed E-state index contributed by atoms with van der Waals surface area (Å²) >= 11 is 7.40. The topological polar surface area (TPSA) is 80.0 Å². The molecule has 4 N–H and O–H groups in total. The second-order valence-electron chi connectivity index (χ2n) is 5.58. The molecule has 2 aromatic carbocycles. The highest BCUT2D eigenvalue weighted by Crippen LogP contribution is 2.30. The van der Waals surface area contributed by atoms with Crippen LogP contribution in [0.25, 0.3) is 0 Å². The van der Waals surface area contributed by atoms with E-state index < -0.39 is 0 Å². The van der Waals surface area contributed by atoms with Crippen LogP contribution in [0.5, 0.6) is 0 Å². The van der Waals surface area contributed by atoms with Crippen molar-refractivity contribution in [2.45, 2.75) is 13.8 Å². The number of nitrogen functional groups attached to an aromatic ring is 1. The van der Waals surface area contributed by atoms with Crippen molar-refractivity contribution in [3.05, 3.63) is 63.6 Å². The average Bonchev–Trinajstić information content (AvgIpc) is 3.04. The summed E-state index contributed by atoms with van der Waals surface area (Å²) in [5.74, 6) is -0.251. The predicted molar refractivity (Wildman–Crippen MR) is 105 cm³/mol. The smallest absolute Gasteiger partial charge is 0.267 e. The first kappa shape index (κ1) is 17.3. The number of anilines is 4. The summed E-state index contributed by atoms with van der Waals surface area (Å²) in [6, 6.07) is 11.2. The number of aryl methyl sites for hydroxylation is 2. The van der Waals surface area contributed by atoms with Crippen molar-refractivity contribution in [1.29, 1.82) is 0 Å². The Kier molecular flexibility index (Phi) is 4.92. The summed E-state index contributed by atoms with van der Waals surface area (Å²) in [7, 11) is 0. The van der Waals surface area contributed by atoms with Crippen LogP contribution in [0.1, 0.15) is 20.8 Å². The number of nitrogens with zero attached hydrogens (tertiary/aromatic N) is 1. The van der Waals surface area contributed by atoms with Crippen LogP contribution < -0.4 is 16.4 Å². The monoisotopic (exact) mass is 372 g/mol. The van der Waals surface area contributed by atoms with Gasteiger partial charge in [-0.2, -0.15) is 0 Å². The first-order valence-electron chi connectivity index (χ1n) is 7.60. The third kappa shape index (κ3) is 3.75. The molecule has 0 saturated heterocycles. The summed E-state index contributed by atoms with van der Waals surface area (Å²) < 4.78 is 0. The number of thiazole rings is 1. The van der Waals surface area contributed by atoms with Gasteiger partial charge in [-0.25, -0.2) is 4.98 Å². The molecule has 0 bridgehead atoms. The second kappa shape index (κ2) is 7.13. The molecule has 0 fully saturated rings. The van der Waals surface area contributed by atoms with Crippen molar-refractivity contribution in [3.8, 4) is 0 Å². The summed E-state index contributed by atoms with van der Waals surface area (Å²) in [6.45, 7) is 3.83. The second-order valence-corrected chi connectivity index (χ2v) is 7.01. The standard InChI is InChI=1S/C18H17ClN4OS/c1-10-5-4-8-13(15(10)20)22-18-21-9-14(25-18)17(24)23-16-11(2)6-3-7-12(16)19/h3-9H,20H2,1-2H3,(H,21,22)(H,23,24). The summed E-state index contributed by atoms with van der Waals surface area (Å²) in [6.07, 6.45) is 1.53. The zero-order valence-electron chi connectivity index (χ0n) is 13.8. The van der Waals surface area contributed by atoms with E-state index in [2.05, 4.69) is 15.6 Å². The first-order valence-corrected chi connectivity index (χ1v) is 8.79. The van der Waals surface area contributed by atoms with Crippen molar-refractivity contribution in [3.63, 3.8) is 0 Å². The highest BCUT2D eigenvalue weighted by molar-refractivity contribution is 7.17. The number of aromatic nitrogens is 1. The number of para-hydroxylation sites is 2. The molecule has 0 aliphatic carbocycles. The van der Waals surface area contributed by atoms with Crippen LogP contribution in [0.2, 0.25) is 5.02 Å². The molecule has 1 aromatic heterocycles. The Hall–Kier alpha value is -2.57. The van der Waals surface area contributed by atoms with Crippen LogP contribution in [-0.2, 0) is 0 Å². The lowest BCUT2D eigenvalue weighted by Gasteiger charge is -2.09. The number of benzene rings is 2. The Morgan fingerprint density at radius 1 is 1.16 bits per heavy atom. The van der Waals surface area contributed by atoms with E-state index in [0.29, 0.717) is 26.4 Å². The van der Waals surface area contributed by atoms with Gasteiger partial charge in [0, 0.05) is 0 Å². The van der Waals surface area contributed by atoms with E-state index in [4.69, 9.17) is 17.3 Å².